The number of hydrogen-bond donors (Lipinski definition) is 2. The third-order valence-electron chi connectivity index (χ3n) is 2.97. The third kappa shape index (κ3) is 3.96. The summed E-state index contributed by atoms with van der Waals surface area (Å²) in [5.74, 6) is 0.0355. The zero-order valence-electron chi connectivity index (χ0n) is 9.94. The van der Waals surface area contributed by atoms with Crippen LogP contribution in [0.4, 0.5) is 0 Å². The van der Waals surface area contributed by atoms with Crippen LogP contribution in [0, 0.1) is 0 Å². The van der Waals surface area contributed by atoms with E-state index in [2.05, 4.69) is 6.92 Å². The highest BCUT2D eigenvalue weighted by atomic mass is 32.2. The molecule has 94 valence electrons. The van der Waals surface area contributed by atoms with E-state index in [9.17, 15) is 4.79 Å². The molecule has 5 heteroatoms. The SMILES string of the molecule is CC1OCCC1SCCCC(C)(N)C(=O)O. The van der Waals surface area contributed by atoms with Gasteiger partial charge in [-0.25, -0.2) is 0 Å². The Morgan fingerprint density at radius 3 is 2.88 bits per heavy atom. The van der Waals surface area contributed by atoms with Crippen molar-refractivity contribution in [2.75, 3.05) is 12.4 Å². The molecule has 1 fully saturated rings. The topological polar surface area (TPSA) is 72.5 Å². The Bertz CT molecular complexity index is 245. The van der Waals surface area contributed by atoms with Crippen LogP contribution in [0.2, 0.25) is 0 Å². The van der Waals surface area contributed by atoms with Gasteiger partial charge in [0.15, 0.2) is 0 Å². The first-order valence-corrected chi connectivity index (χ1v) is 6.74. The summed E-state index contributed by atoms with van der Waals surface area (Å²) in [5.41, 5.74) is 4.56. The van der Waals surface area contributed by atoms with Gasteiger partial charge in [0.1, 0.15) is 5.54 Å². The Hall–Kier alpha value is -0.260. The van der Waals surface area contributed by atoms with Gasteiger partial charge in [-0.05, 0) is 38.9 Å². The van der Waals surface area contributed by atoms with Crippen molar-refractivity contribution in [2.24, 2.45) is 5.73 Å². The molecule has 0 aromatic heterocycles. The van der Waals surface area contributed by atoms with Gasteiger partial charge in [-0.1, -0.05) is 0 Å². The van der Waals surface area contributed by atoms with Crippen LogP contribution in [0.3, 0.4) is 0 Å². The van der Waals surface area contributed by atoms with Crippen LogP contribution in [-0.2, 0) is 9.53 Å². The lowest BCUT2D eigenvalue weighted by Crippen LogP contribution is -2.44. The van der Waals surface area contributed by atoms with Crippen LogP contribution in [0.5, 0.6) is 0 Å². The minimum absolute atomic E-state index is 0.328. The molecule has 16 heavy (non-hydrogen) atoms. The molecule has 1 aliphatic rings. The van der Waals surface area contributed by atoms with E-state index >= 15 is 0 Å². The number of hydrogen-bond acceptors (Lipinski definition) is 4. The van der Waals surface area contributed by atoms with Gasteiger partial charge >= 0.3 is 5.97 Å². The molecule has 3 unspecified atom stereocenters. The summed E-state index contributed by atoms with van der Waals surface area (Å²) in [6.07, 6.45) is 2.79. The standard InChI is InChI=1S/C11H21NO3S/c1-8-9(4-6-15-8)16-7-3-5-11(2,12)10(13)14/h8-9H,3-7,12H2,1-2H3,(H,13,14). The lowest BCUT2D eigenvalue weighted by molar-refractivity contribution is -0.142. The second-order valence-corrected chi connectivity index (χ2v) is 5.95. The first-order valence-electron chi connectivity index (χ1n) is 5.69. The minimum atomic E-state index is -1.08. The number of rotatable bonds is 6. The largest absolute Gasteiger partial charge is 0.480 e. The fourth-order valence-electron chi connectivity index (χ4n) is 1.71. The summed E-state index contributed by atoms with van der Waals surface area (Å²) in [6.45, 7) is 4.51. The van der Waals surface area contributed by atoms with E-state index in [0.29, 0.717) is 17.8 Å². The Labute approximate surface area is 101 Å². The maximum atomic E-state index is 10.8. The number of nitrogens with two attached hydrogens (primary N) is 1. The van der Waals surface area contributed by atoms with Crippen LogP contribution >= 0.6 is 11.8 Å². The van der Waals surface area contributed by atoms with E-state index in [-0.39, 0.29) is 0 Å². The van der Waals surface area contributed by atoms with E-state index in [1.807, 2.05) is 11.8 Å². The Morgan fingerprint density at radius 1 is 1.69 bits per heavy atom. The van der Waals surface area contributed by atoms with Gasteiger partial charge in [0.05, 0.1) is 6.10 Å². The van der Waals surface area contributed by atoms with Gasteiger partial charge in [-0.3, -0.25) is 4.79 Å². The van der Waals surface area contributed by atoms with Gasteiger partial charge in [-0.15, -0.1) is 0 Å². The molecule has 0 spiro atoms. The molecular formula is C11H21NO3S. The quantitative estimate of drug-likeness (QED) is 0.696. The van der Waals surface area contributed by atoms with Crippen LogP contribution in [0.25, 0.3) is 0 Å². The molecule has 0 aromatic carbocycles. The summed E-state index contributed by atoms with van der Waals surface area (Å²) in [4.78, 5) is 10.8. The zero-order valence-corrected chi connectivity index (χ0v) is 10.8. The van der Waals surface area contributed by atoms with E-state index in [0.717, 1.165) is 25.2 Å². The first kappa shape index (κ1) is 13.8. The molecule has 0 bridgehead atoms. The smallest absolute Gasteiger partial charge is 0.323 e. The van der Waals surface area contributed by atoms with Crippen molar-refractivity contribution in [3.8, 4) is 0 Å². The summed E-state index contributed by atoms with van der Waals surface area (Å²) in [6, 6.07) is 0. The highest BCUT2D eigenvalue weighted by Gasteiger charge is 2.28. The molecule has 0 saturated carbocycles. The molecule has 0 aliphatic carbocycles. The van der Waals surface area contributed by atoms with E-state index in [4.69, 9.17) is 15.6 Å². The summed E-state index contributed by atoms with van der Waals surface area (Å²) in [5, 5.41) is 9.41. The summed E-state index contributed by atoms with van der Waals surface area (Å²) >= 11 is 1.87. The molecule has 1 heterocycles. The second-order valence-electron chi connectivity index (χ2n) is 4.60. The molecule has 0 radical (unpaired) electrons. The van der Waals surface area contributed by atoms with Gasteiger partial charge in [0.2, 0.25) is 0 Å². The van der Waals surface area contributed by atoms with Gasteiger partial charge in [-0.2, -0.15) is 11.8 Å². The number of carbonyl (C=O) groups is 1. The predicted octanol–water partition coefficient (Wildman–Crippen LogP) is 1.48. The van der Waals surface area contributed by atoms with Crippen LogP contribution in [0.1, 0.15) is 33.1 Å². The highest BCUT2D eigenvalue weighted by molar-refractivity contribution is 7.99. The molecule has 1 aliphatic heterocycles. The monoisotopic (exact) mass is 247 g/mol. The lowest BCUT2D eigenvalue weighted by Gasteiger charge is -2.19. The van der Waals surface area contributed by atoms with Crippen molar-refractivity contribution in [3.63, 3.8) is 0 Å². The van der Waals surface area contributed by atoms with E-state index in [1.54, 1.807) is 6.92 Å². The van der Waals surface area contributed by atoms with Gasteiger partial charge in [0, 0.05) is 11.9 Å². The highest BCUT2D eigenvalue weighted by Crippen LogP contribution is 2.27. The van der Waals surface area contributed by atoms with Gasteiger partial charge in [0.25, 0.3) is 0 Å². The molecule has 0 amide bonds. The van der Waals surface area contributed by atoms with Crippen molar-refractivity contribution >= 4 is 17.7 Å². The third-order valence-corrected chi connectivity index (χ3v) is 4.54. The molecule has 3 N–H and O–H groups in total. The second kappa shape index (κ2) is 5.89. The fraction of sp³-hybridized carbons (Fsp3) is 0.909. The van der Waals surface area contributed by atoms with Crippen molar-refractivity contribution < 1.29 is 14.6 Å². The minimum Gasteiger partial charge on any atom is -0.480 e. The molecular weight excluding hydrogens is 226 g/mol. The fourth-order valence-corrected chi connectivity index (χ4v) is 2.94. The maximum absolute atomic E-state index is 10.8. The van der Waals surface area contributed by atoms with Gasteiger partial charge < -0.3 is 15.6 Å². The molecule has 3 atom stereocenters. The Balaban J connectivity index is 2.14. The number of carboxylic acids is 1. The maximum Gasteiger partial charge on any atom is 0.323 e. The Kier molecular flexibility index (Phi) is 5.08. The normalized spacial score (nSPS) is 28.9. The lowest BCUT2D eigenvalue weighted by atomic mass is 9.98. The van der Waals surface area contributed by atoms with Crippen LogP contribution < -0.4 is 5.73 Å². The molecule has 0 aromatic rings. The predicted molar refractivity (Wildman–Crippen MR) is 65.7 cm³/mol. The first-order chi connectivity index (χ1) is 7.43. The zero-order chi connectivity index (χ0) is 12.2. The van der Waals surface area contributed by atoms with Crippen LogP contribution in [0.15, 0.2) is 0 Å². The van der Waals surface area contributed by atoms with Crippen molar-refractivity contribution in [3.05, 3.63) is 0 Å². The number of carboxylic acid groups (broad SMARTS) is 1. The van der Waals surface area contributed by atoms with Crippen molar-refractivity contribution in [1.82, 2.24) is 0 Å². The number of aliphatic carboxylic acids is 1. The van der Waals surface area contributed by atoms with E-state index < -0.39 is 11.5 Å². The average Bonchev–Trinajstić information content (AvgIpc) is 2.59. The van der Waals surface area contributed by atoms with E-state index in [1.165, 1.54) is 0 Å². The molecule has 4 nitrogen and oxygen atoms in total. The average molecular weight is 247 g/mol. The summed E-state index contributed by atoms with van der Waals surface area (Å²) in [7, 11) is 0. The number of thioether (sulfide) groups is 1. The van der Waals surface area contributed by atoms with Crippen molar-refractivity contribution in [1.29, 1.82) is 0 Å². The van der Waals surface area contributed by atoms with Crippen LogP contribution in [-0.4, -0.2) is 40.3 Å². The summed E-state index contributed by atoms with van der Waals surface area (Å²) < 4.78 is 5.46. The molecule has 1 rings (SSSR count). The van der Waals surface area contributed by atoms with Crippen molar-refractivity contribution in [2.45, 2.75) is 50.0 Å². The molecule has 1 saturated heterocycles. The number of ether oxygens (including phenoxy) is 1. The Morgan fingerprint density at radius 2 is 2.38 bits per heavy atom.